The highest BCUT2D eigenvalue weighted by molar-refractivity contribution is 5.31. The van der Waals surface area contributed by atoms with E-state index in [4.69, 9.17) is 15.2 Å². The van der Waals surface area contributed by atoms with Crippen LogP contribution in [0.3, 0.4) is 0 Å². The molecule has 5 heteroatoms. The summed E-state index contributed by atoms with van der Waals surface area (Å²) in [7, 11) is 0. The Morgan fingerprint density at radius 2 is 2.06 bits per heavy atom. The molecule has 0 amide bonds. The fourth-order valence-corrected chi connectivity index (χ4v) is 1.78. The Kier molecular flexibility index (Phi) is 3.91. The van der Waals surface area contributed by atoms with Crippen LogP contribution in [0.25, 0.3) is 0 Å². The molecular weight excluding hydrogens is 228 g/mol. The zero-order chi connectivity index (χ0) is 12.3. The lowest BCUT2D eigenvalue weighted by Gasteiger charge is -2.12. The van der Waals surface area contributed by atoms with Crippen molar-refractivity contribution in [3.63, 3.8) is 0 Å². The van der Waals surface area contributed by atoms with Crippen LogP contribution in [0.2, 0.25) is 0 Å². The van der Waals surface area contributed by atoms with Gasteiger partial charge in [0.05, 0.1) is 13.2 Å². The third-order valence-corrected chi connectivity index (χ3v) is 2.78. The quantitative estimate of drug-likeness (QED) is 0.877. The molecule has 0 aliphatic carbocycles. The van der Waals surface area contributed by atoms with Crippen molar-refractivity contribution < 1.29 is 18.3 Å². The van der Waals surface area contributed by atoms with Crippen LogP contribution in [-0.4, -0.2) is 19.8 Å². The van der Waals surface area contributed by atoms with Gasteiger partial charge in [0.2, 0.25) is 0 Å². The van der Waals surface area contributed by atoms with E-state index in [-0.39, 0.29) is 24.8 Å². The first kappa shape index (κ1) is 12.3. The fourth-order valence-electron chi connectivity index (χ4n) is 1.78. The molecule has 0 radical (unpaired) electrons. The Morgan fingerprint density at radius 3 is 2.59 bits per heavy atom. The van der Waals surface area contributed by atoms with Gasteiger partial charge in [0.15, 0.2) is 17.4 Å². The Labute approximate surface area is 98.5 Å². The summed E-state index contributed by atoms with van der Waals surface area (Å²) in [5.74, 6) is -1.52. The summed E-state index contributed by atoms with van der Waals surface area (Å²) in [6, 6.07) is 2.40. The number of nitrogens with two attached hydrogens (primary N) is 1. The van der Waals surface area contributed by atoms with Crippen molar-refractivity contribution in [2.75, 3.05) is 19.8 Å². The Hall–Kier alpha value is -1.20. The zero-order valence-electron chi connectivity index (χ0n) is 9.42. The Balaban J connectivity index is 2.04. The van der Waals surface area contributed by atoms with Crippen LogP contribution >= 0.6 is 0 Å². The monoisotopic (exact) mass is 243 g/mol. The van der Waals surface area contributed by atoms with E-state index < -0.39 is 11.6 Å². The second-order valence-corrected chi connectivity index (χ2v) is 4.13. The summed E-state index contributed by atoms with van der Waals surface area (Å²) in [5, 5.41) is 0. The molecule has 0 aromatic heterocycles. The van der Waals surface area contributed by atoms with Gasteiger partial charge in [-0.15, -0.1) is 0 Å². The molecule has 1 saturated heterocycles. The molecule has 3 nitrogen and oxygen atoms in total. The molecule has 17 heavy (non-hydrogen) atoms. The van der Waals surface area contributed by atoms with Crippen LogP contribution in [-0.2, 0) is 11.3 Å². The number of benzene rings is 1. The molecule has 1 aromatic rings. The van der Waals surface area contributed by atoms with Gasteiger partial charge in [0.1, 0.15) is 0 Å². The largest absolute Gasteiger partial charge is 0.487 e. The minimum atomic E-state index is -0.704. The van der Waals surface area contributed by atoms with Crippen LogP contribution < -0.4 is 10.5 Å². The number of hydrogen-bond donors (Lipinski definition) is 1. The molecule has 2 N–H and O–H groups in total. The number of halogens is 2. The Bertz CT molecular complexity index is 369. The second-order valence-electron chi connectivity index (χ2n) is 4.13. The van der Waals surface area contributed by atoms with Crippen LogP contribution in [0, 0.1) is 17.6 Å². The lowest BCUT2D eigenvalue weighted by Crippen LogP contribution is -2.13. The lowest BCUT2D eigenvalue weighted by molar-refractivity contribution is 0.163. The molecule has 1 atom stereocenters. The third-order valence-electron chi connectivity index (χ3n) is 2.78. The minimum Gasteiger partial charge on any atom is -0.487 e. The lowest BCUT2D eigenvalue weighted by atomic mass is 10.1. The van der Waals surface area contributed by atoms with Crippen molar-refractivity contribution in [3.05, 3.63) is 29.3 Å². The van der Waals surface area contributed by atoms with Crippen LogP contribution in [0.4, 0.5) is 8.78 Å². The standard InChI is InChI=1S/C12H15F2NO2/c13-10-3-9(5-15)4-11(14)12(10)17-7-8-1-2-16-6-8/h3-4,8H,1-2,5-7,15H2. The number of rotatable bonds is 4. The normalized spacial score (nSPS) is 19.6. The van der Waals surface area contributed by atoms with Gasteiger partial charge in [-0.25, -0.2) is 8.78 Å². The Morgan fingerprint density at radius 1 is 1.35 bits per heavy atom. The van der Waals surface area contributed by atoms with E-state index in [1.807, 2.05) is 0 Å². The smallest absolute Gasteiger partial charge is 0.190 e. The highest BCUT2D eigenvalue weighted by Gasteiger charge is 2.19. The predicted octanol–water partition coefficient (Wildman–Crippen LogP) is 1.84. The van der Waals surface area contributed by atoms with Gasteiger partial charge in [-0.3, -0.25) is 0 Å². The van der Waals surface area contributed by atoms with E-state index in [1.54, 1.807) is 0 Å². The maximum atomic E-state index is 13.5. The van der Waals surface area contributed by atoms with Gasteiger partial charge in [-0.1, -0.05) is 0 Å². The molecular formula is C12H15F2NO2. The molecule has 1 aliphatic heterocycles. The van der Waals surface area contributed by atoms with Crippen molar-refractivity contribution in [3.8, 4) is 5.75 Å². The molecule has 0 spiro atoms. The highest BCUT2D eigenvalue weighted by atomic mass is 19.1. The van der Waals surface area contributed by atoms with Crippen molar-refractivity contribution in [2.24, 2.45) is 11.7 Å². The summed E-state index contributed by atoms with van der Waals surface area (Å²) >= 11 is 0. The average Bonchev–Trinajstić information content (AvgIpc) is 2.80. The molecule has 0 saturated carbocycles. The van der Waals surface area contributed by atoms with Crippen molar-refractivity contribution >= 4 is 0 Å². The summed E-state index contributed by atoms with van der Waals surface area (Å²) in [6.45, 7) is 1.65. The molecule has 1 unspecified atom stereocenters. The third kappa shape index (κ3) is 2.92. The van der Waals surface area contributed by atoms with Gasteiger partial charge >= 0.3 is 0 Å². The molecule has 1 aliphatic rings. The fraction of sp³-hybridized carbons (Fsp3) is 0.500. The molecule has 2 rings (SSSR count). The maximum Gasteiger partial charge on any atom is 0.190 e. The van der Waals surface area contributed by atoms with E-state index in [0.717, 1.165) is 6.42 Å². The van der Waals surface area contributed by atoms with Crippen molar-refractivity contribution in [1.29, 1.82) is 0 Å². The SMILES string of the molecule is NCc1cc(F)c(OCC2CCOC2)c(F)c1. The van der Waals surface area contributed by atoms with Gasteiger partial charge in [0, 0.05) is 19.1 Å². The summed E-state index contributed by atoms with van der Waals surface area (Å²) < 4.78 is 37.4. The topological polar surface area (TPSA) is 44.5 Å². The number of ether oxygens (including phenoxy) is 2. The first-order valence-electron chi connectivity index (χ1n) is 5.59. The van der Waals surface area contributed by atoms with Gasteiger partial charge in [-0.05, 0) is 24.1 Å². The summed E-state index contributed by atoms with van der Waals surface area (Å²) in [4.78, 5) is 0. The molecule has 1 aromatic carbocycles. The first-order chi connectivity index (χ1) is 8.20. The molecule has 94 valence electrons. The number of hydrogen-bond acceptors (Lipinski definition) is 3. The molecule has 1 heterocycles. The second kappa shape index (κ2) is 5.42. The van der Waals surface area contributed by atoms with Gasteiger partial charge < -0.3 is 15.2 Å². The van der Waals surface area contributed by atoms with Crippen LogP contribution in [0.5, 0.6) is 5.75 Å². The van der Waals surface area contributed by atoms with Crippen LogP contribution in [0.15, 0.2) is 12.1 Å². The van der Waals surface area contributed by atoms with Crippen LogP contribution in [0.1, 0.15) is 12.0 Å². The molecule has 1 fully saturated rings. The van der Waals surface area contributed by atoms with E-state index in [9.17, 15) is 8.78 Å². The van der Waals surface area contributed by atoms with E-state index in [0.29, 0.717) is 18.8 Å². The molecule has 0 bridgehead atoms. The summed E-state index contributed by atoms with van der Waals surface area (Å²) in [6.07, 6.45) is 0.865. The van der Waals surface area contributed by atoms with Crippen molar-refractivity contribution in [1.82, 2.24) is 0 Å². The van der Waals surface area contributed by atoms with Gasteiger partial charge in [0.25, 0.3) is 0 Å². The first-order valence-corrected chi connectivity index (χ1v) is 5.59. The van der Waals surface area contributed by atoms with E-state index >= 15 is 0 Å². The van der Waals surface area contributed by atoms with E-state index in [2.05, 4.69) is 0 Å². The summed E-state index contributed by atoms with van der Waals surface area (Å²) in [5.41, 5.74) is 5.73. The average molecular weight is 243 g/mol. The zero-order valence-corrected chi connectivity index (χ0v) is 9.42. The van der Waals surface area contributed by atoms with Gasteiger partial charge in [-0.2, -0.15) is 0 Å². The predicted molar refractivity (Wildman–Crippen MR) is 58.7 cm³/mol. The maximum absolute atomic E-state index is 13.5. The van der Waals surface area contributed by atoms with Crippen molar-refractivity contribution in [2.45, 2.75) is 13.0 Å². The van der Waals surface area contributed by atoms with E-state index in [1.165, 1.54) is 12.1 Å². The minimum absolute atomic E-state index is 0.102. The highest BCUT2D eigenvalue weighted by Crippen LogP contribution is 2.24.